The highest BCUT2D eigenvalue weighted by Crippen LogP contribution is 2.25. The quantitative estimate of drug-likeness (QED) is 0.542. The Morgan fingerprint density at radius 1 is 1.43 bits per heavy atom. The SMILES string of the molecule is COC1CNC(C(=O)N2CCCC3(C2)NC(=O)NC3=O)C1. The van der Waals surface area contributed by atoms with E-state index in [1.165, 1.54) is 0 Å². The van der Waals surface area contributed by atoms with E-state index >= 15 is 0 Å². The van der Waals surface area contributed by atoms with Crippen molar-refractivity contribution < 1.29 is 19.1 Å². The van der Waals surface area contributed by atoms with E-state index in [4.69, 9.17) is 4.74 Å². The van der Waals surface area contributed by atoms with Crippen LogP contribution in [0.4, 0.5) is 4.79 Å². The van der Waals surface area contributed by atoms with E-state index in [1.54, 1.807) is 12.0 Å². The second-order valence-electron chi connectivity index (χ2n) is 5.91. The number of nitrogens with zero attached hydrogens (tertiary/aromatic N) is 1. The van der Waals surface area contributed by atoms with Crippen molar-refractivity contribution in [1.82, 2.24) is 20.9 Å². The van der Waals surface area contributed by atoms with Gasteiger partial charge in [0, 0.05) is 20.2 Å². The molecule has 4 amide bonds. The molecular weight excluding hydrogens is 276 g/mol. The molecule has 0 aromatic heterocycles. The molecule has 21 heavy (non-hydrogen) atoms. The highest BCUT2D eigenvalue weighted by molar-refractivity contribution is 6.07. The summed E-state index contributed by atoms with van der Waals surface area (Å²) in [5, 5.41) is 8.09. The van der Waals surface area contributed by atoms with Gasteiger partial charge in [-0.15, -0.1) is 0 Å². The van der Waals surface area contributed by atoms with E-state index in [9.17, 15) is 14.4 Å². The normalized spacial score (nSPS) is 36.0. The molecular formula is C13H20N4O4. The monoisotopic (exact) mass is 296 g/mol. The van der Waals surface area contributed by atoms with E-state index < -0.39 is 11.6 Å². The first kappa shape index (κ1) is 14.3. The first-order chi connectivity index (χ1) is 10.0. The Morgan fingerprint density at radius 2 is 2.24 bits per heavy atom. The predicted octanol–water partition coefficient (Wildman–Crippen LogP) is -1.44. The number of carbonyl (C=O) groups is 3. The van der Waals surface area contributed by atoms with Crippen LogP contribution in [-0.2, 0) is 14.3 Å². The Hall–Kier alpha value is -1.67. The maximum absolute atomic E-state index is 12.6. The zero-order valence-corrected chi connectivity index (χ0v) is 12.0. The third-order valence-corrected chi connectivity index (χ3v) is 4.54. The number of likely N-dealkylation sites (tertiary alicyclic amines) is 1. The van der Waals surface area contributed by atoms with Crippen molar-refractivity contribution in [3.63, 3.8) is 0 Å². The van der Waals surface area contributed by atoms with Crippen LogP contribution in [0.25, 0.3) is 0 Å². The Labute approximate surface area is 122 Å². The third-order valence-electron chi connectivity index (χ3n) is 4.54. The summed E-state index contributed by atoms with van der Waals surface area (Å²) in [4.78, 5) is 37.6. The van der Waals surface area contributed by atoms with Gasteiger partial charge in [-0.05, 0) is 19.3 Å². The molecule has 3 heterocycles. The number of ether oxygens (including phenoxy) is 1. The minimum atomic E-state index is -0.954. The number of methoxy groups -OCH3 is 1. The predicted molar refractivity (Wildman–Crippen MR) is 72.4 cm³/mol. The van der Waals surface area contributed by atoms with Crippen LogP contribution in [0.15, 0.2) is 0 Å². The van der Waals surface area contributed by atoms with Crippen LogP contribution in [-0.4, -0.2) is 67.2 Å². The fourth-order valence-corrected chi connectivity index (χ4v) is 3.35. The fourth-order valence-electron chi connectivity index (χ4n) is 3.35. The molecule has 8 heteroatoms. The number of carbonyl (C=O) groups excluding carboxylic acids is 3. The molecule has 0 bridgehead atoms. The molecule has 0 saturated carbocycles. The number of piperidine rings is 1. The van der Waals surface area contributed by atoms with Crippen molar-refractivity contribution >= 4 is 17.8 Å². The highest BCUT2D eigenvalue weighted by atomic mass is 16.5. The lowest BCUT2D eigenvalue weighted by Crippen LogP contribution is -2.61. The molecule has 3 aliphatic rings. The molecule has 3 saturated heterocycles. The average molecular weight is 296 g/mol. The van der Waals surface area contributed by atoms with Gasteiger partial charge in [0.25, 0.3) is 5.91 Å². The molecule has 3 N–H and O–H groups in total. The second-order valence-corrected chi connectivity index (χ2v) is 5.91. The Balaban J connectivity index is 1.68. The van der Waals surface area contributed by atoms with Crippen LogP contribution in [0.5, 0.6) is 0 Å². The number of rotatable bonds is 2. The van der Waals surface area contributed by atoms with Gasteiger partial charge in [0.05, 0.1) is 18.7 Å². The molecule has 0 aromatic carbocycles. The lowest BCUT2D eigenvalue weighted by Gasteiger charge is -2.39. The van der Waals surface area contributed by atoms with Gasteiger partial charge < -0.3 is 20.3 Å². The lowest BCUT2D eigenvalue weighted by molar-refractivity contribution is -0.137. The van der Waals surface area contributed by atoms with E-state index in [1.807, 2.05) is 0 Å². The molecule has 3 unspecified atom stereocenters. The van der Waals surface area contributed by atoms with E-state index in [-0.39, 0.29) is 30.5 Å². The van der Waals surface area contributed by atoms with Crippen molar-refractivity contribution in [3.05, 3.63) is 0 Å². The standard InChI is InChI=1S/C13H20N4O4/c1-21-8-5-9(14-6-8)10(18)17-4-2-3-13(7-17)11(19)15-12(20)16-13/h8-9,14H,2-7H2,1H3,(H2,15,16,19,20). The van der Waals surface area contributed by atoms with Gasteiger partial charge in [0.2, 0.25) is 5.91 Å². The second kappa shape index (κ2) is 5.27. The summed E-state index contributed by atoms with van der Waals surface area (Å²) in [6, 6.07) is -0.752. The summed E-state index contributed by atoms with van der Waals surface area (Å²) in [6.45, 7) is 1.50. The lowest BCUT2D eigenvalue weighted by atomic mass is 9.89. The van der Waals surface area contributed by atoms with Crippen molar-refractivity contribution in [3.8, 4) is 0 Å². The van der Waals surface area contributed by atoms with Gasteiger partial charge >= 0.3 is 6.03 Å². The van der Waals surface area contributed by atoms with E-state index in [0.29, 0.717) is 32.4 Å². The number of amides is 4. The van der Waals surface area contributed by atoms with Gasteiger partial charge in [0.15, 0.2) is 0 Å². The van der Waals surface area contributed by atoms with Gasteiger partial charge in [0.1, 0.15) is 5.54 Å². The van der Waals surface area contributed by atoms with Crippen LogP contribution in [0.3, 0.4) is 0 Å². The van der Waals surface area contributed by atoms with Crippen LogP contribution in [0.1, 0.15) is 19.3 Å². The number of nitrogens with one attached hydrogen (secondary N) is 3. The summed E-state index contributed by atoms with van der Waals surface area (Å²) < 4.78 is 5.25. The van der Waals surface area contributed by atoms with E-state index in [0.717, 1.165) is 0 Å². The number of urea groups is 1. The van der Waals surface area contributed by atoms with Crippen molar-refractivity contribution in [2.45, 2.75) is 36.9 Å². The first-order valence-electron chi connectivity index (χ1n) is 7.23. The Bertz CT molecular complexity index is 483. The summed E-state index contributed by atoms with van der Waals surface area (Å²) in [5.41, 5.74) is -0.954. The van der Waals surface area contributed by atoms with Gasteiger partial charge in [-0.2, -0.15) is 0 Å². The van der Waals surface area contributed by atoms with Crippen molar-refractivity contribution in [2.24, 2.45) is 0 Å². The topological polar surface area (TPSA) is 99.8 Å². The average Bonchev–Trinajstić information content (AvgIpc) is 3.04. The molecule has 0 radical (unpaired) electrons. The van der Waals surface area contributed by atoms with Gasteiger partial charge in [-0.25, -0.2) is 4.79 Å². The fraction of sp³-hybridized carbons (Fsp3) is 0.769. The maximum atomic E-state index is 12.6. The van der Waals surface area contributed by atoms with Crippen molar-refractivity contribution in [2.75, 3.05) is 26.7 Å². The Morgan fingerprint density at radius 3 is 2.86 bits per heavy atom. The summed E-state index contributed by atoms with van der Waals surface area (Å²) in [6.07, 6.45) is 1.94. The highest BCUT2D eigenvalue weighted by Gasteiger charge is 2.50. The first-order valence-corrected chi connectivity index (χ1v) is 7.23. The Kier molecular flexibility index (Phi) is 3.58. The smallest absolute Gasteiger partial charge is 0.322 e. The summed E-state index contributed by atoms with van der Waals surface area (Å²) in [5.74, 6) is -0.360. The zero-order valence-electron chi connectivity index (χ0n) is 12.0. The number of hydrogen-bond donors (Lipinski definition) is 3. The molecule has 3 aliphatic heterocycles. The third kappa shape index (κ3) is 2.49. The largest absolute Gasteiger partial charge is 0.380 e. The number of hydrogen-bond acceptors (Lipinski definition) is 5. The van der Waals surface area contributed by atoms with Crippen LogP contribution < -0.4 is 16.0 Å². The van der Waals surface area contributed by atoms with Gasteiger partial charge in [-0.1, -0.05) is 0 Å². The summed E-state index contributed by atoms with van der Waals surface area (Å²) in [7, 11) is 1.63. The van der Waals surface area contributed by atoms with Crippen LogP contribution in [0.2, 0.25) is 0 Å². The van der Waals surface area contributed by atoms with E-state index in [2.05, 4.69) is 16.0 Å². The minimum absolute atomic E-state index is 0.0254. The molecule has 3 atom stereocenters. The van der Waals surface area contributed by atoms with Crippen LogP contribution >= 0.6 is 0 Å². The molecule has 1 spiro atoms. The molecule has 8 nitrogen and oxygen atoms in total. The molecule has 3 rings (SSSR count). The number of imide groups is 1. The van der Waals surface area contributed by atoms with Gasteiger partial charge in [-0.3, -0.25) is 14.9 Å². The molecule has 3 fully saturated rings. The van der Waals surface area contributed by atoms with Crippen molar-refractivity contribution in [1.29, 1.82) is 0 Å². The minimum Gasteiger partial charge on any atom is -0.380 e. The molecule has 0 aromatic rings. The molecule has 0 aliphatic carbocycles. The zero-order chi connectivity index (χ0) is 15.0. The maximum Gasteiger partial charge on any atom is 0.322 e. The van der Waals surface area contributed by atoms with Crippen LogP contribution in [0, 0.1) is 0 Å². The molecule has 116 valence electrons. The summed E-state index contributed by atoms with van der Waals surface area (Å²) >= 11 is 0.